The SMILES string of the molecule is CC(C)CC(C)(C)C(CC(C)CC(C)(C)C)(S[P+](=O)O)S[P+](=O)O. The largest absolute Gasteiger partial charge is 0.584 e. The maximum absolute atomic E-state index is 11.7. The lowest BCUT2D eigenvalue weighted by atomic mass is 9.75. The number of hydrogen-bond donors (Lipinski definition) is 2. The predicted molar refractivity (Wildman–Crippen MR) is 109 cm³/mol. The number of hydrogen-bond acceptors (Lipinski definition) is 4. The number of rotatable bonds is 10. The fraction of sp³-hybridized carbons (Fsp3) is 1.00. The highest BCUT2D eigenvalue weighted by Gasteiger charge is 2.59. The van der Waals surface area contributed by atoms with Crippen LogP contribution < -0.4 is 0 Å². The lowest BCUT2D eigenvalue weighted by Crippen LogP contribution is -2.40. The normalized spacial score (nSPS) is 18.3. The first kappa shape index (κ1) is 24.8. The predicted octanol–water partition coefficient (Wildman–Crippen LogP) is 6.98. The molecule has 0 fully saturated rings. The molecule has 0 aliphatic carbocycles. The molecule has 0 aromatic carbocycles. The fourth-order valence-corrected chi connectivity index (χ4v) is 11.4. The van der Waals surface area contributed by atoms with Crippen molar-refractivity contribution >= 4 is 37.2 Å². The van der Waals surface area contributed by atoms with Crippen LogP contribution in [-0.4, -0.2) is 13.9 Å². The molecule has 0 amide bonds. The Morgan fingerprint density at radius 3 is 1.54 bits per heavy atom. The molecule has 0 rings (SSSR count). The van der Waals surface area contributed by atoms with Crippen molar-refractivity contribution in [1.29, 1.82) is 0 Å². The molecule has 0 saturated heterocycles. The van der Waals surface area contributed by atoms with Crippen LogP contribution in [0.3, 0.4) is 0 Å². The minimum Gasteiger partial charge on any atom is -0.151 e. The quantitative estimate of drug-likeness (QED) is 0.295. The van der Waals surface area contributed by atoms with Crippen molar-refractivity contribution in [2.45, 2.75) is 78.7 Å². The minimum absolute atomic E-state index is 0.144. The molecule has 0 saturated carbocycles. The first-order valence-corrected chi connectivity index (χ1v) is 13.6. The molecule has 0 aliphatic rings. The summed E-state index contributed by atoms with van der Waals surface area (Å²) >= 11 is 1.93. The van der Waals surface area contributed by atoms with Crippen molar-refractivity contribution in [2.75, 3.05) is 0 Å². The van der Waals surface area contributed by atoms with Crippen molar-refractivity contribution < 1.29 is 18.9 Å². The van der Waals surface area contributed by atoms with Crippen molar-refractivity contribution in [1.82, 2.24) is 0 Å². The van der Waals surface area contributed by atoms with Crippen molar-refractivity contribution in [3.8, 4) is 0 Å². The molecule has 0 spiro atoms. The molecular formula is C16H34O4P2S2+2. The van der Waals surface area contributed by atoms with E-state index >= 15 is 0 Å². The van der Waals surface area contributed by atoms with Gasteiger partial charge < -0.3 is 0 Å². The molecule has 4 nitrogen and oxygen atoms in total. The Hall–Kier alpha value is 0.820. The van der Waals surface area contributed by atoms with Gasteiger partial charge in [-0.2, -0.15) is 9.79 Å². The molecule has 3 unspecified atom stereocenters. The van der Waals surface area contributed by atoms with Crippen LogP contribution in [0.5, 0.6) is 0 Å². The average molecular weight is 417 g/mol. The lowest BCUT2D eigenvalue weighted by Gasteiger charge is -2.41. The zero-order chi connectivity index (χ0) is 19.3. The van der Waals surface area contributed by atoms with E-state index in [2.05, 4.69) is 55.4 Å². The van der Waals surface area contributed by atoms with Gasteiger partial charge in [-0.25, -0.2) is 0 Å². The summed E-state index contributed by atoms with van der Waals surface area (Å²) in [7, 11) is -4.93. The second-order valence-corrected chi connectivity index (χ2v) is 14.9. The summed E-state index contributed by atoms with van der Waals surface area (Å²) in [4.78, 5) is 19.3. The van der Waals surface area contributed by atoms with E-state index in [-0.39, 0.29) is 16.7 Å². The Morgan fingerprint density at radius 2 is 1.25 bits per heavy atom. The monoisotopic (exact) mass is 416 g/mol. The molecule has 3 atom stereocenters. The maximum atomic E-state index is 11.7. The highest BCUT2D eigenvalue weighted by atomic mass is 32.8. The molecule has 0 aliphatic heterocycles. The van der Waals surface area contributed by atoms with E-state index < -0.39 is 18.5 Å². The van der Waals surface area contributed by atoms with Crippen LogP contribution in [-0.2, 0) is 9.13 Å². The van der Waals surface area contributed by atoms with E-state index in [1.165, 1.54) is 0 Å². The molecule has 0 aromatic rings. The van der Waals surface area contributed by atoms with Gasteiger partial charge in [-0.1, -0.05) is 55.4 Å². The van der Waals surface area contributed by atoms with Crippen LogP contribution in [0.1, 0.15) is 74.7 Å². The van der Waals surface area contributed by atoms with Crippen LogP contribution in [0.15, 0.2) is 0 Å². The second kappa shape index (κ2) is 9.67. The fourth-order valence-electron chi connectivity index (χ4n) is 3.62. The van der Waals surface area contributed by atoms with Gasteiger partial charge in [0, 0.05) is 0 Å². The zero-order valence-corrected chi connectivity index (χ0v) is 19.6. The molecular weight excluding hydrogens is 382 g/mol. The lowest BCUT2D eigenvalue weighted by molar-refractivity contribution is 0.214. The molecule has 24 heavy (non-hydrogen) atoms. The van der Waals surface area contributed by atoms with Gasteiger partial charge in [-0.3, -0.25) is 0 Å². The van der Waals surface area contributed by atoms with E-state index in [1.807, 2.05) is 0 Å². The summed E-state index contributed by atoms with van der Waals surface area (Å²) in [6, 6.07) is 0. The molecule has 8 heteroatoms. The molecule has 0 aromatic heterocycles. The van der Waals surface area contributed by atoms with Gasteiger partial charge in [0.25, 0.3) is 0 Å². The first-order valence-electron chi connectivity index (χ1n) is 8.31. The van der Waals surface area contributed by atoms with Gasteiger partial charge >= 0.3 is 14.5 Å². The molecule has 0 radical (unpaired) electrons. The minimum atomic E-state index is -2.47. The van der Waals surface area contributed by atoms with Crippen LogP contribution in [0.2, 0.25) is 0 Å². The van der Waals surface area contributed by atoms with Crippen molar-refractivity contribution in [2.24, 2.45) is 22.7 Å². The Kier molecular flexibility index (Phi) is 10.00. The topological polar surface area (TPSA) is 74.6 Å². The van der Waals surface area contributed by atoms with E-state index in [1.54, 1.807) is 0 Å². The first-order chi connectivity index (χ1) is 10.6. The Morgan fingerprint density at radius 1 is 0.833 bits per heavy atom. The average Bonchev–Trinajstić information content (AvgIpc) is 2.20. The highest BCUT2D eigenvalue weighted by molar-refractivity contribution is 8.62. The van der Waals surface area contributed by atoms with E-state index in [4.69, 9.17) is 0 Å². The summed E-state index contributed by atoms with van der Waals surface area (Å²) in [6.45, 7) is 17.0. The van der Waals surface area contributed by atoms with Crippen LogP contribution in [0.4, 0.5) is 0 Å². The van der Waals surface area contributed by atoms with Gasteiger partial charge in [0.05, 0.1) is 0 Å². The summed E-state index contributed by atoms with van der Waals surface area (Å²) < 4.78 is 22.7. The van der Waals surface area contributed by atoms with Crippen LogP contribution in [0, 0.1) is 22.7 Å². The molecule has 2 N–H and O–H groups in total. The zero-order valence-electron chi connectivity index (χ0n) is 16.2. The summed E-state index contributed by atoms with van der Waals surface area (Å²) in [5, 5.41) is 0. The Labute approximate surface area is 157 Å². The highest BCUT2D eigenvalue weighted by Crippen LogP contribution is 2.67. The van der Waals surface area contributed by atoms with Crippen LogP contribution >= 0.6 is 37.2 Å². The van der Waals surface area contributed by atoms with Crippen molar-refractivity contribution in [3.63, 3.8) is 0 Å². The maximum Gasteiger partial charge on any atom is 0.584 e. The van der Waals surface area contributed by atoms with Gasteiger partial charge in [0.1, 0.15) is 0 Å². The summed E-state index contributed by atoms with van der Waals surface area (Å²) in [5.41, 5.74) is -0.213. The van der Waals surface area contributed by atoms with Crippen molar-refractivity contribution in [3.05, 3.63) is 0 Å². The smallest absolute Gasteiger partial charge is 0.151 e. The summed E-state index contributed by atoms with van der Waals surface area (Å²) in [5.74, 6) is 0.674. The van der Waals surface area contributed by atoms with Gasteiger partial charge in [-0.05, 0) is 51.1 Å². The van der Waals surface area contributed by atoms with E-state index in [9.17, 15) is 18.9 Å². The van der Waals surface area contributed by atoms with Gasteiger partial charge in [-0.15, -0.1) is 0 Å². The van der Waals surface area contributed by atoms with Gasteiger partial charge in [0.15, 0.2) is 26.8 Å². The third kappa shape index (κ3) is 8.96. The van der Waals surface area contributed by atoms with Crippen LogP contribution in [0.25, 0.3) is 0 Å². The third-order valence-electron chi connectivity index (χ3n) is 3.98. The van der Waals surface area contributed by atoms with E-state index in [0.29, 0.717) is 12.3 Å². The standard InChI is InChI=1S/C16H32O4P2S2/c1-12(2)9-15(7,8)16(23-21(17)18,24-22(19)20)11-13(3)10-14(4,5)6/h12-13H,9-11H2,1-8H3/p+2. The Bertz CT molecular complexity index is 432. The molecule has 0 heterocycles. The second-order valence-electron chi connectivity index (χ2n) is 8.97. The Balaban J connectivity index is 5.81. The van der Waals surface area contributed by atoms with Gasteiger partial charge in [0.2, 0.25) is 0 Å². The third-order valence-corrected chi connectivity index (χ3v) is 10.4. The summed E-state index contributed by atoms with van der Waals surface area (Å²) in [6.07, 6.45) is 2.40. The molecule has 142 valence electrons. The molecule has 0 bridgehead atoms. The van der Waals surface area contributed by atoms with E-state index in [0.717, 1.165) is 35.6 Å².